The monoisotopic (exact) mass is 606 g/mol. The molecule has 7 heteroatoms. The number of aliphatic imine (C=N–C) groups is 1. The number of halogens is 2. The van der Waals surface area contributed by atoms with E-state index in [1.165, 1.54) is 0 Å². The lowest BCUT2D eigenvalue weighted by molar-refractivity contribution is 0.291. The molecule has 1 atom stereocenters. The molecule has 0 bridgehead atoms. The first-order valence-corrected chi connectivity index (χ1v) is 15.6. The van der Waals surface area contributed by atoms with Crippen molar-refractivity contribution in [1.82, 2.24) is 10.3 Å². The highest BCUT2D eigenvalue weighted by molar-refractivity contribution is 5.90. The molecule has 0 radical (unpaired) electrons. The zero-order chi connectivity index (χ0) is 31.9. The topological polar surface area (TPSA) is 72.5 Å². The maximum absolute atomic E-state index is 15.4. The maximum Gasteiger partial charge on any atom is 0.149 e. The molecule has 0 saturated heterocycles. The van der Waals surface area contributed by atoms with E-state index in [0.717, 1.165) is 63.8 Å². The predicted molar refractivity (Wildman–Crippen MR) is 179 cm³/mol. The van der Waals surface area contributed by atoms with Crippen LogP contribution in [0.4, 0.5) is 14.5 Å². The number of rotatable bonds is 10. The van der Waals surface area contributed by atoms with Crippen LogP contribution in [0.2, 0.25) is 0 Å². The van der Waals surface area contributed by atoms with E-state index in [4.69, 9.17) is 15.5 Å². The van der Waals surface area contributed by atoms with Gasteiger partial charge in [-0.1, -0.05) is 57.7 Å². The zero-order valence-electron chi connectivity index (χ0n) is 26.4. The van der Waals surface area contributed by atoms with Gasteiger partial charge < -0.3 is 15.8 Å². The summed E-state index contributed by atoms with van der Waals surface area (Å²) >= 11 is 0. The van der Waals surface area contributed by atoms with Crippen molar-refractivity contribution >= 4 is 17.6 Å². The van der Waals surface area contributed by atoms with E-state index in [1.807, 2.05) is 50.4 Å². The number of anilines is 1. The number of aryl methyl sites for hydroxylation is 2. The number of hydrogen-bond donors (Lipinski definition) is 2. The van der Waals surface area contributed by atoms with Crippen molar-refractivity contribution < 1.29 is 13.5 Å². The Bertz CT molecular complexity index is 1790. The highest BCUT2D eigenvalue weighted by Crippen LogP contribution is 2.46. The fourth-order valence-electron chi connectivity index (χ4n) is 5.86. The molecule has 1 aliphatic heterocycles. The summed E-state index contributed by atoms with van der Waals surface area (Å²) in [6, 6.07) is 19.2. The van der Waals surface area contributed by atoms with Crippen LogP contribution in [-0.2, 0) is 11.8 Å². The van der Waals surface area contributed by atoms with Gasteiger partial charge >= 0.3 is 0 Å². The average Bonchev–Trinajstić information content (AvgIpc) is 3.80. The van der Waals surface area contributed by atoms with Gasteiger partial charge in [-0.25, -0.2) is 13.8 Å². The second-order valence-electron chi connectivity index (χ2n) is 12.9. The minimum absolute atomic E-state index is 0.205. The number of nitrogens with one attached hydrogen (secondary N) is 1. The van der Waals surface area contributed by atoms with Gasteiger partial charge in [0.05, 0.1) is 18.3 Å². The molecule has 0 spiro atoms. The van der Waals surface area contributed by atoms with E-state index < -0.39 is 11.6 Å². The molecule has 232 valence electrons. The number of ether oxygens (including phenoxy) is 1. The van der Waals surface area contributed by atoms with Crippen molar-refractivity contribution in [2.24, 2.45) is 4.99 Å². The minimum atomic E-state index is -0.660. The van der Waals surface area contributed by atoms with Crippen LogP contribution in [0.3, 0.4) is 0 Å². The minimum Gasteiger partial charge on any atom is -0.490 e. The number of hydrogen-bond acceptors (Lipinski definition) is 5. The van der Waals surface area contributed by atoms with E-state index in [-0.39, 0.29) is 16.9 Å². The van der Waals surface area contributed by atoms with Crippen molar-refractivity contribution in [3.8, 4) is 17.0 Å². The first-order chi connectivity index (χ1) is 21.6. The van der Waals surface area contributed by atoms with E-state index in [9.17, 15) is 4.39 Å². The Hall–Kier alpha value is -4.52. The van der Waals surface area contributed by atoms with Gasteiger partial charge in [-0.05, 0) is 72.7 Å². The van der Waals surface area contributed by atoms with Gasteiger partial charge in [0.2, 0.25) is 0 Å². The molecule has 4 aromatic rings. The number of aromatic nitrogens is 1. The predicted octanol–water partition coefficient (Wildman–Crippen LogP) is 8.12. The summed E-state index contributed by atoms with van der Waals surface area (Å²) in [5.41, 5.74) is 14.2. The van der Waals surface area contributed by atoms with Crippen LogP contribution in [0.25, 0.3) is 17.0 Å². The number of nitrogens with two attached hydrogens (primary N) is 1. The molecule has 2 heterocycles. The van der Waals surface area contributed by atoms with Gasteiger partial charge in [0.1, 0.15) is 23.1 Å². The third-order valence-electron chi connectivity index (χ3n) is 8.89. The van der Waals surface area contributed by atoms with Crippen LogP contribution in [-0.4, -0.2) is 30.4 Å². The Morgan fingerprint density at radius 2 is 1.89 bits per heavy atom. The molecule has 1 fully saturated rings. The normalized spacial score (nSPS) is 16.0. The largest absolute Gasteiger partial charge is 0.490 e. The molecule has 45 heavy (non-hydrogen) atoms. The van der Waals surface area contributed by atoms with Gasteiger partial charge in [0, 0.05) is 58.2 Å². The summed E-state index contributed by atoms with van der Waals surface area (Å²) in [5, 5.41) is 3.56. The summed E-state index contributed by atoms with van der Waals surface area (Å²) < 4.78 is 36.1. The van der Waals surface area contributed by atoms with Gasteiger partial charge in [0.25, 0.3) is 0 Å². The number of fused-ring (bicyclic) bond motifs is 1. The average molecular weight is 607 g/mol. The first-order valence-electron chi connectivity index (χ1n) is 15.6. The Morgan fingerprint density at radius 3 is 2.60 bits per heavy atom. The molecule has 1 unspecified atom stereocenters. The van der Waals surface area contributed by atoms with E-state index in [0.29, 0.717) is 42.6 Å². The molecule has 0 amide bonds. The van der Waals surface area contributed by atoms with Crippen molar-refractivity contribution in [3.05, 3.63) is 118 Å². The van der Waals surface area contributed by atoms with E-state index in [2.05, 4.69) is 48.9 Å². The Labute approximate surface area is 264 Å². The molecule has 5 nitrogen and oxygen atoms in total. The van der Waals surface area contributed by atoms with E-state index >= 15 is 4.39 Å². The smallest absolute Gasteiger partial charge is 0.149 e. The van der Waals surface area contributed by atoms with Crippen LogP contribution in [0.15, 0.2) is 72.2 Å². The number of benzene rings is 3. The second-order valence-corrected chi connectivity index (χ2v) is 12.9. The van der Waals surface area contributed by atoms with Crippen molar-refractivity contribution in [3.63, 3.8) is 0 Å². The molecule has 1 aromatic heterocycles. The lowest BCUT2D eigenvalue weighted by Crippen LogP contribution is -2.23. The van der Waals surface area contributed by atoms with Crippen molar-refractivity contribution in [2.75, 3.05) is 18.9 Å². The third kappa shape index (κ3) is 6.21. The van der Waals surface area contributed by atoms with Gasteiger partial charge in [-0.15, -0.1) is 0 Å². The molecule has 6 rings (SSSR count). The standard InChI is InChI=1S/C38H40F2N4O/c1-6-24-16-29(33(40)18-32(24)39)36-37-31(38(4,5)21-45-37)17-34(44-36)30(25-10-8-7-9-11-25)20-42-23(3)26-14-22(2)35(41)27(15-26)19-43-28-12-13-28/h7-11,14-19,28,30,42H,3,6,12-13,20-21,41H2,1-2,4-5H3. The zero-order valence-corrected chi connectivity index (χ0v) is 26.4. The van der Waals surface area contributed by atoms with Crippen LogP contribution >= 0.6 is 0 Å². The maximum atomic E-state index is 15.4. The van der Waals surface area contributed by atoms with Crippen molar-refractivity contribution in [2.45, 2.75) is 64.3 Å². The van der Waals surface area contributed by atoms with Crippen LogP contribution in [0, 0.1) is 18.6 Å². The van der Waals surface area contributed by atoms with Gasteiger partial charge in [-0.3, -0.25) is 4.99 Å². The molecular weight excluding hydrogens is 566 g/mol. The lowest BCUT2D eigenvalue weighted by atomic mass is 9.84. The molecule has 3 aromatic carbocycles. The Balaban J connectivity index is 1.40. The number of nitrogen functional groups attached to an aromatic ring is 1. The summed E-state index contributed by atoms with van der Waals surface area (Å²) in [6.07, 6.45) is 4.56. The molecule has 3 N–H and O–H groups in total. The fraction of sp³-hybridized carbons (Fsp3) is 0.316. The van der Waals surface area contributed by atoms with Gasteiger partial charge in [-0.2, -0.15) is 0 Å². The lowest BCUT2D eigenvalue weighted by Gasteiger charge is -2.23. The number of nitrogens with zero attached hydrogens (tertiary/aromatic N) is 2. The van der Waals surface area contributed by atoms with Crippen molar-refractivity contribution in [1.29, 1.82) is 0 Å². The van der Waals surface area contributed by atoms with E-state index in [1.54, 1.807) is 6.07 Å². The Kier molecular flexibility index (Phi) is 8.21. The Morgan fingerprint density at radius 1 is 1.13 bits per heavy atom. The highest BCUT2D eigenvalue weighted by atomic mass is 19.1. The second kappa shape index (κ2) is 12.1. The van der Waals surface area contributed by atoms with Gasteiger partial charge in [0.15, 0.2) is 0 Å². The summed E-state index contributed by atoms with van der Waals surface area (Å²) in [5.74, 6) is -0.869. The highest BCUT2D eigenvalue weighted by Gasteiger charge is 2.37. The molecule has 1 saturated carbocycles. The van der Waals surface area contributed by atoms with Crippen LogP contribution < -0.4 is 15.8 Å². The fourth-order valence-corrected chi connectivity index (χ4v) is 5.86. The van der Waals surface area contributed by atoms with Crippen LogP contribution in [0.1, 0.15) is 78.6 Å². The summed E-state index contributed by atoms with van der Waals surface area (Å²) in [4.78, 5) is 9.70. The summed E-state index contributed by atoms with van der Waals surface area (Å²) in [7, 11) is 0. The van der Waals surface area contributed by atoms with Crippen LogP contribution in [0.5, 0.6) is 5.75 Å². The summed E-state index contributed by atoms with van der Waals surface area (Å²) in [6.45, 7) is 13.3. The SMILES string of the molecule is C=C(NCC(c1ccccc1)c1cc2c(c(-c3cc(CC)c(F)cc3F)n1)OCC2(C)C)c1cc(C)c(N)c(C=NC2CC2)c1. The first kappa shape index (κ1) is 30.5. The molecule has 1 aliphatic carbocycles. The number of pyridine rings is 1. The molecular formula is C38H40F2N4O. The quantitative estimate of drug-likeness (QED) is 0.141. The molecule has 2 aliphatic rings. The third-order valence-corrected chi connectivity index (χ3v) is 8.89.